The molecule has 0 radical (unpaired) electrons. The van der Waals surface area contributed by atoms with Gasteiger partial charge in [0.2, 0.25) is 0 Å². The van der Waals surface area contributed by atoms with Crippen molar-refractivity contribution in [2.45, 2.75) is 213 Å². The van der Waals surface area contributed by atoms with E-state index in [9.17, 15) is 28.9 Å². The minimum atomic E-state index is -4.76. The third kappa shape index (κ3) is 45.8. The van der Waals surface area contributed by atoms with Gasteiger partial charge < -0.3 is 24.2 Å². The molecule has 0 aromatic heterocycles. The molecule has 66 heavy (non-hydrogen) atoms. The van der Waals surface area contributed by atoms with Gasteiger partial charge in [-0.1, -0.05) is 189 Å². The molecule has 0 saturated heterocycles. The zero-order valence-electron chi connectivity index (χ0n) is 41.4. The van der Waals surface area contributed by atoms with Gasteiger partial charge in [-0.25, -0.2) is 4.57 Å². The van der Waals surface area contributed by atoms with Gasteiger partial charge >= 0.3 is 25.7 Å². The molecule has 0 aromatic carbocycles. The maximum Gasteiger partial charge on any atom is 0.472 e. The zero-order chi connectivity index (χ0) is 48.4. The summed E-state index contributed by atoms with van der Waals surface area (Å²) >= 11 is 0. The Labute approximate surface area is 400 Å². The smallest absolute Gasteiger partial charge is 0.462 e. The van der Waals surface area contributed by atoms with Crippen LogP contribution in [0.15, 0.2) is 85.1 Å². The summed E-state index contributed by atoms with van der Waals surface area (Å²) in [7, 11) is -4.76. The van der Waals surface area contributed by atoms with Crippen LogP contribution in [0, 0.1) is 0 Å². The van der Waals surface area contributed by atoms with E-state index in [0.717, 1.165) is 89.9 Å². The largest absolute Gasteiger partial charge is 0.472 e. The summed E-state index contributed by atoms with van der Waals surface area (Å²) in [4.78, 5) is 48.1. The van der Waals surface area contributed by atoms with Crippen LogP contribution in [0.5, 0.6) is 0 Å². The molecule has 3 atom stereocenters. The molecule has 12 heteroatoms. The molecule has 0 fully saturated rings. The van der Waals surface area contributed by atoms with Crippen LogP contribution in [0.2, 0.25) is 0 Å². The van der Waals surface area contributed by atoms with Gasteiger partial charge in [0.1, 0.15) is 12.7 Å². The number of rotatable bonds is 46. The molecule has 0 aliphatic carbocycles. The summed E-state index contributed by atoms with van der Waals surface area (Å²) in [6, 6.07) is 0. The third-order valence-corrected chi connectivity index (χ3v) is 11.3. The maximum atomic E-state index is 12.8. The van der Waals surface area contributed by atoms with Crippen molar-refractivity contribution in [1.29, 1.82) is 0 Å². The molecule has 0 bridgehead atoms. The van der Waals surface area contributed by atoms with Crippen LogP contribution in [-0.2, 0) is 42.2 Å². The van der Waals surface area contributed by atoms with Crippen LogP contribution in [0.1, 0.15) is 201 Å². The number of carbonyl (C=O) groups excluding carboxylic acids is 3. The number of phosphoric ester groups is 1. The predicted octanol–water partition coefficient (Wildman–Crippen LogP) is 14.4. The van der Waals surface area contributed by atoms with Crippen molar-refractivity contribution in [2.75, 3.05) is 26.4 Å². The summed E-state index contributed by atoms with van der Waals surface area (Å²) in [5.41, 5.74) is 0. The second-order valence-corrected chi connectivity index (χ2v) is 18.1. The topological polar surface area (TPSA) is 155 Å². The van der Waals surface area contributed by atoms with Crippen molar-refractivity contribution in [1.82, 2.24) is 0 Å². The molecule has 0 spiro atoms. The van der Waals surface area contributed by atoms with Crippen LogP contribution in [-0.4, -0.2) is 66.5 Å². The van der Waals surface area contributed by atoms with Crippen molar-refractivity contribution in [3.05, 3.63) is 85.1 Å². The lowest BCUT2D eigenvalue weighted by molar-refractivity contribution is -0.161. The Morgan fingerprint density at radius 1 is 0.439 bits per heavy atom. The fraction of sp³-hybridized carbons (Fsp3) is 0.685. The van der Waals surface area contributed by atoms with Crippen molar-refractivity contribution in [3.8, 4) is 0 Å². The summed E-state index contributed by atoms with van der Waals surface area (Å²) in [6.07, 6.45) is 53.0. The van der Waals surface area contributed by atoms with E-state index in [1.54, 1.807) is 0 Å². The number of carbonyl (C=O) groups is 3. The van der Waals surface area contributed by atoms with Crippen LogP contribution in [0.25, 0.3) is 0 Å². The summed E-state index contributed by atoms with van der Waals surface area (Å²) in [6.45, 7) is 4.34. The first-order valence-electron chi connectivity index (χ1n) is 25.5. The highest BCUT2D eigenvalue weighted by Crippen LogP contribution is 2.43. The van der Waals surface area contributed by atoms with E-state index in [4.69, 9.17) is 23.3 Å². The number of aliphatic hydroxyl groups is 1. The molecule has 0 aliphatic rings. The first kappa shape index (κ1) is 62.7. The van der Waals surface area contributed by atoms with Crippen molar-refractivity contribution < 1.29 is 52.2 Å². The Kier molecular flexibility index (Phi) is 45.7. The minimum Gasteiger partial charge on any atom is -0.462 e. The van der Waals surface area contributed by atoms with E-state index in [0.29, 0.717) is 25.7 Å². The van der Waals surface area contributed by atoms with Gasteiger partial charge in [-0.15, -0.1) is 0 Å². The Balaban J connectivity index is 4.84. The predicted molar refractivity (Wildman–Crippen MR) is 270 cm³/mol. The number of allylic oxidation sites excluding steroid dienone is 14. The SMILES string of the molecule is CC/C=C\C/C=C\C/C=C\C/C=C\C/C=C\C/C=C\CCC(=O)OC(COC(=O)CCCCCCCCCCC)COP(=O)(O)OCC(CO)OC(=O)CCCCCCC/C=C\CCCC. The van der Waals surface area contributed by atoms with E-state index in [1.807, 2.05) is 12.2 Å². The zero-order valence-corrected chi connectivity index (χ0v) is 42.3. The second-order valence-electron chi connectivity index (χ2n) is 16.6. The average molecular weight is 947 g/mol. The standard InChI is InChI=1S/C54H91O11P/c1-4-7-10-13-16-19-21-22-23-24-25-26-27-28-30-33-36-39-42-45-54(58)65-51(47-61-52(56)43-40-37-34-31-18-15-12-9-6-3)49-63-66(59,60)62-48-50(46-55)64-53(57)44-41-38-35-32-29-20-17-14-11-8-5-2/h7,10,14,16-17,19,22-23,25-26,28,30,36,39,50-51,55H,4-6,8-9,11-13,15,18,20-21,24,27,29,31-35,37-38,40-49H2,1-3H3,(H,59,60)/b10-7-,17-14-,19-16-,23-22-,26-25-,30-28-,39-36-. The molecule has 0 aromatic rings. The highest BCUT2D eigenvalue weighted by Gasteiger charge is 2.28. The van der Waals surface area contributed by atoms with E-state index >= 15 is 0 Å². The molecule has 0 amide bonds. The number of esters is 3. The second kappa shape index (κ2) is 48.1. The average Bonchev–Trinajstić information content (AvgIpc) is 3.30. The van der Waals surface area contributed by atoms with Gasteiger partial charge in [-0.05, 0) is 77.0 Å². The van der Waals surface area contributed by atoms with Crippen LogP contribution >= 0.6 is 7.82 Å². The summed E-state index contributed by atoms with van der Waals surface area (Å²) in [5, 5.41) is 9.74. The number of ether oxygens (including phenoxy) is 3. The number of aliphatic hydroxyl groups excluding tert-OH is 1. The molecule has 0 saturated carbocycles. The lowest BCUT2D eigenvalue weighted by Gasteiger charge is -2.21. The highest BCUT2D eigenvalue weighted by atomic mass is 31.2. The van der Waals surface area contributed by atoms with Gasteiger partial charge in [0.25, 0.3) is 0 Å². The van der Waals surface area contributed by atoms with Crippen molar-refractivity contribution >= 4 is 25.7 Å². The lowest BCUT2D eigenvalue weighted by atomic mass is 10.1. The summed E-state index contributed by atoms with van der Waals surface area (Å²) in [5.74, 6) is -1.59. The van der Waals surface area contributed by atoms with E-state index in [1.165, 1.54) is 44.9 Å². The van der Waals surface area contributed by atoms with Gasteiger partial charge in [0, 0.05) is 19.3 Å². The van der Waals surface area contributed by atoms with Gasteiger partial charge in [0.05, 0.1) is 19.8 Å². The van der Waals surface area contributed by atoms with Crippen LogP contribution in [0.4, 0.5) is 0 Å². The minimum absolute atomic E-state index is 0.0404. The molecule has 0 aliphatic heterocycles. The van der Waals surface area contributed by atoms with Gasteiger partial charge in [-0.2, -0.15) is 0 Å². The molecule has 0 rings (SSSR count). The Bertz CT molecular complexity index is 1430. The third-order valence-electron chi connectivity index (χ3n) is 10.3. The molecular formula is C54H91O11P. The number of hydrogen-bond acceptors (Lipinski definition) is 10. The van der Waals surface area contributed by atoms with Crippen LogP contribution in [0.3, 0.4) is 0 Å². The van der Waals surface area contributed by atoms with E-state index in [2.05, 4.69) is 93.7 Å². The lowest BCUT2D eigenvalue weighted by Crippen LogP contribution is -2.30. The van der Waals surface area contributed by atoms with E-state index < -0.39 is 57.8 Å². The van der Waals surface area contributed by atoms with Gasteiger partial charge in [0.15, 0.2) is 6.10 Å². The Hall–Kier alpha value is -3.34. The molecule has 3 unspecified atom stereocenters. The van der Waals surface area contributed by atoms with Crippen molar-refractivity contribution in [2.24, 2.45) is 0 Å². The first-order valence-corrected chi connectivity index (χ1v) is 27.0. The molecular weight excluding hydrogens is 856 g/mol. The molecule has 11 nitrogen and oxygen atoms in total. The molecule has 2 N–H and O–H groups in total. The molecule has 378 valence electrons. The Morgan fingerprint density at radius 2 is 0.833 bits per heavy atom. The normalized spacial score (nSPS) is 14.2. The number of hydrogen-bond donors (Lipinski definition) is 2. The fourth-order valence-corrected chi connectivity index (χ4v) is 7.20. The first-order chi connectivity index (χ1) is 32.2. The van der Waals surface area contributed by atoms with Crippen LogP contribution < -0.4 is 0 Å². The monoisotopic (exact) mass is 947 g/mol. The number of phosphoric acid groups is 1. The van der Waals surface area contributed by atoms with E-state index in [-0.39, 0.29) is 25.9 Å². The van der Waals surface area contributed by atoms with Crippen molar-refractivity contribution in [3.63, 3.8) is 0 Å². The quantitative estimate of drug-likeness (QED) is 0.0197. The molecule has 0 heterocycles. The number of unbranched alkanes of at least 4 members (excludes halogenated alkanes) is 15. The van der Waals surface area contributed by atoms with Gasteiger partial charge in [-0.3, -0.25) is 23.4 Å². The fourth-order valence-electron chi connectivity index (χ4n) is 6.42. The summed E-state index contributed by atoms with van der Waals surface area (Å²) < 4.78 is 39.1. The Morgan fingerprint density at radius 3 is 1.35 bits per heavy atom. The highest BCUT2D eigenvalue weighted by molar-refractivity contribution is 7.47. The maximum absolute atomic E-state index is 12.8.